The molecule has 142 valence electrons. The fraction of sp³-hybridized carbons (Fsp3) is 0.250. The van der Waals surface area contributed by atoms with Crippen molar-refractivity contribution in [3.63, 3.8) is 0 Å². The Kier molecular flexibility index (Phi) is 7.74. The minimum absolute atomic E-state index is 0.195. The highest BCUT2D eigenvalue weighted by Gasteiger charge is 2.26. The van der Waals surface area contributed by atoms with Gasteiger partial charge in [0, 0.05) is 20.1 Å². The van der Waals surface area contributed by atoms with Crippen LogP contribution in [0.25, 0.3) is 0 Å². The van der Waals surface area contributed by atoms with Gasteiger partial charge in [0.15, 0.2) is 12.4 Å². The predicted molar refractivity (Wildman–Crippen MR) is 110 cm³/mol. The van der Waals surface area contributed by atoms with Crippen LogP contribution in [0, 0.1) is 5.92 Å². The Labute approximate surface area is 174 Å². The average Bonchev–Trinajstić information content (AvgIpc) is 2.64. The van der Waals surface area contributed by atoms with E-state index in [1.807, 2.05) is 0 Å². The first-order valence-corrected chi connectivity index (χ1v) is 9.88. The SMILES string of the molecule is CC(C)[C@H](NC(=O)c1ccc(Br)cc1)C(=O)OCC(=O)c1ccc(Br)cc1. The van der Waals surface area contributed by atoms with Crippen LogP contribution >= 0.6 is 31.9 Å². The van der Waals surface area contributed by atoms with Crippen LogP contribution < -0.4 is 5.32 Å². The summed E-state index contributed by atoms with van der Waals surface area (Å²) in [6.07, 6.45) is 0. The molecule has 1 N–H and O–H groups in total. The maximum absolute atomic E-state index is 12.4. The minimum Gasteiger partial charge on any atom is -0.456 e. The third-order valence-electron chi connectivity index (χ3n) is 3.83. The van der Waals surface area contributed by atoms with Crippen molar-refractivity contribution >= 4 is 49.5 Å². The summed E-state index contributed by atoms with van der Waals surface area (Å²) in [5.41, 5.74) is 0.883. The Bertz CT molecular complexity index is 817. The van der Waals surface area contributed by atoms with E-state index in [9.17, 15) is 14.4 Å². The standard InChI is InChI=1S/C20H19Br2NO4/c1-12(2)18(23-19(25)14-5-9-16(22)10-6-14)20(26)27-11-17(24)13-3-7-15(21)8-4-13/h3-10,12,18H,11H2,1-2H3,(H,23,25)/t18-/m0/s1. The molecule has 7 heteroatoms. The first kappa shape index (κ1) is 21.3. The molecule has 1 amide bonds. The Morgan fingerprint density at radius 3 is 1.85 bits per heavy atom. The number of ketones is 1. The largest absolute Gasteiger partial charge is 0.456 e. The molecular formula is C20H19Br2NO4. The zero-order valence-corrected chi connectivity index (χ0v) is 18.0. The number of esters is 1. The molecule has 2 aromatic rings. The summed E-state index contributed by atoms with van der Waals surface area (Å²) in [4.78, 5) is 36.9. The average molecular weight is 497 g/mol. The number of halogens is 2. The van der Waals surface area contributed by atoms with Crippen molar-refractivity contribution in [2.45, 2.75) is 19.9 Å². The number of hydrogen-bond donors (Lipinski definition) is 1. The molecule has 0 aliphatic heterocycles. The highest BCUT2D eigenvalue weighted by Crippen LogP contribution is 2.13. The van der Waals surface area contributed by atoms with Crippen LogP contribution in [0.4, 0.5) is 0 Å². The second-order valence-electron chi connectivity index (χ2n) is 6.24. The van der Waals surface area contributed by atoms with Gasteiger partial charge in [-0.25, -0.2) is 4.79 Å². The monoisotopic (exact) mass is 495 g/mol. The van der Waals surface area contributed by atoms with Gasteiger partial charge in [-0.1, -0.05) is 57.8 Å². The molecule has 5 nitrogen and oxygen atoms in total. The number of hydrogen-bond acceptors (Lipinski definition) is 4. The molecule has 0 heterocycles. The van der Waals surface area contributed by atoms with E-state index in [4.69, 9.17) is 4.74 Å². The van der Waals surface area contributed by atoms with Crippen molar-refractivity contribution < 1.29 is 19.1 Å². The first-order valence-electron chi connectivity index (χ1n) is 8.29. The van der Waals surface area contributed by atoms with Gasteiger partial charge < -0.3 is 10.1 Å². The van der Waals surface area contributed by atoms with Crippen LogP contribution in [0.15, 0.2) is 57.5 Å². The number of benzene rings is 2. The summed E-state index contributed by atoms with van der Waals surface area (Å²) in [5, 5.41) is 2.68. The Morgan fingerprint density at radius 1 is 0.889 bits per heavy atom. The fourth-order valence-corrected chi connectivity index (χ4v) is 2.80. The summed E-state index contributed by atoms with van der Waals surface area (Å²) in [6.45, 7) is 3.21. The van der Waals surface area contributed by atoms with Gasteiger partial charge in [-0.15, -0.1) is 0 Å². The zero-order valence-electron chi connectivity index (χ0n) is 14.9. The van der Waals surface area contributed by atoms with E-state index < -0.39 is 12.0 Å². The van der Waals surface area contributed by atoms with Gasteiger partial charge in [-0.3, -0.25) is 9.59 Å². The van der Waals surface area contributed by atoms with E-state index in [2.05, 4.69) is 37.2 Å². The Morgan fingerprint density at radius 2 is 1.37 bits per heavy atom. The summed E-state index contributed by atoms with van der Waals surface area (Å²) >= 11 is 6.61. The highest BCUT2D eigenvalue weighted by atomic mass is 79.9. The first-order chi connectivity index (χ1) is 12.8. The minimum atomic E-state index is -0.848. The molecule has 0 aromatic heterocycles. The van der Waals surface area contributed by atoms with Crippen LogP contribution in [-0.4, -0.2) is 30.3 Å². The molecule has 2 aromatic carbocycles. The predicted octanol–water partition coefficient (Wildman–Crippen LogP) is 4.39. The third kappa shape index (κ3) is 6.29. The van der Waals surface area contributed by atoms with E-state index in [1.165, 1.54) is 0 Å². The number of amides is 1. The van der Waals surface area contributed by atoms with Crippen molar-refractivity contribution in [2.75, 3.05) is 6.61 Å². The maximum Gasteiger partial charge on any atom is 0.329 e. The van der Waals surface area contributed by atoms with E-state index in [-0.39, 0.29) is 24.2 Å². The molecule has 27 heavy (non-hydrogen) atoms. The van der Waals surface area contributed by atoms with Gasteiger partial charge >= 0.3 is 5.97 Å². The van der Waals surface area contributed by atoms with Crippen LogP contribution in [0.2, 0.25) is 0 Å². The van der Waals surface area contributed by atoms with Gasteiger partial charge in [-0.2, -0.15) is 0 Å². The number of rotatable bonds is 7. The third-order valence-corrected chi connectivity index (χ3v) is 4.88. The topological polar surface area (TPSA) is 72.5 Å². The Hall–Kier alpha value is -1.99. The number of carbonyl (C=O) groups is 3. The lowest BCUT2D eigenvalue weighted by atomic mass is 10.0. The van der Waals surface area contributed by atoms with E-state index in [0.29, 0.717) is 11.1 Å². The molecule has 1 atom stereocenters. The lowest BCUT2D eigenvalue weighted by Gasteiger charge is -2.20. The molecule has 2 rings (SSSR count). The van der Waals surface area contributed by atoms with Gasteiger partial charge in [0.05, 0.1) is 0 Å². The van der Waals surface area contributed by atoms with Crippen molar-refractivity contribution in [2.24, 2.45) is 5.92 Å². The van der Waals surface area contributed by atoms with Crippen molar-refractivity contribution in [1.29, 1.82) is 0 Å². The van der Waals surface area contributed by atoms with Gasteiger partial charge in [0.2, 0.25) is 0 Å². The smallest absolute Gasteiger partial charge is 0.329 e. The molecule has 0 aliphatic carbocycles. The fourth-order valence-electron chi connectivity index (χ4n) is 2.27. The molecule has 0 saturated heterocycles. The molecular weight excluding hydrogens is 478 g/mol. The molecule has 0 radical (unpaired) electrons. The number of carbonyl (C=O) groups excluding carboxylic acids is 3. The molecule has 0 unspecified atom stereocenters. The number of Topliss-reactive ketones (excluding diaryl/α,β-unsaturated/α-hetero) is 1. The normalized spacial score (nSPS) is 11.7. The number of ether oxygens (including phenoxy) is 1. The maximum atomic E-state index is 12.4. The van der Waals surface area contributed by atoms with Gasteiger partial charge in [0.1, 0.15) is 6.04 Å². The lowest BCUT2D eigenvalue weighted by Crippen LogP contribution is -2.45. The molecule has 0 fully saturated rings. The van der Waals surface area contributed by atoms with Gasteiger partial charge in [0.25, 0.3) is 5.91 Å². The highest BCUT2D eigenvalue weighted by molar-refractivity contribution is 9.10. The lowest BCUT2D eigenvalue weighted by molar-refractivity contribution is -0.145. The molecule has 0 spiro atoms. The van der Waals surface area contributed by atoms with E-state index >= 15 is 0 Å². The van der Waals surface area contributed by atoms with Gasteiger partial charge in [-0.05, 0) is 42.3 Å². The molecule has 0 bridgehead atoms. The molecule has 0 aliphatic rings. The van der Waals surface area contributed by atoms with E-state index in [1.54, 1.807) is 62.4 Å². The van der Waals surface area contributed by atoms with Crippen molar-refractivity contribution in [1.82, 2.24) is 5.32 Å². The van der Waals surface area contributed by atoms with Crippen LogP contribution in [0.1, 0.15) is 34.6 Å². The molecule has 0 saturated carbocycles. The quantitative estimate of drug-likeness (QED) is 0.455. The zero-order chi connectivity index (χ0) is 20.0. The van der Waals surface area contributed by atoms with Crippen molar-refractivity contribution in [3.05, 3.63) is 68.6 Å². The Balaban J connectivity index is 1.97. The summed E-state index contributed by atoms with van der Waals surface area (Å²) in [5.74, 6) is -1.52. The van der Waals surface area contributed by atoms with Crippen LogP contribution in [0.5, 0.6) is 0 Å². The van der Waals surface area contributed by atoms with E-state index in [0.717, 1.165) is 8.95 Å². The summed E-state index contributed by atoms with van der Waals surface area (Å²) in [6, 6.07) is 12.7. The van der Waals surface area contributed by atoms with Crippen LogP contribution in [0.3, 0.4) is 0 Å². The number of nitrogens with one attached hydrogen (secondary N) is 1. The second-order valence-corrected chi connectivity index (χ2v) is 8.07. The van der Waals surface area contributed by atoms with Crippen molar-refractivity contribution in [3.8, 4) is 0 Å². The second kappa shape index (κ2) is 9.80. The van der Waals surface area contributed by atoms with Crippen LogP contribution in [-0.2, 0) is 9.53 Å². The summed E-state index contributed by atoms with van der Waals surface area (Å²) < 4.78 is 6.85. The summed E-state index contributed by atoms with van der Waals surface area (Å²) in [7, 11) is 0.